The highest BCUT2D eigenvalue weighted by atomic mass is 32.2. The maximum Gasteiger partial charge on any atom is 0.257 e. The summed E-state index contributed by atoms with van der Waals surface area (Å²) in [6.07, 6.45) is 4.03. The van der Waals surface area contributed by atoms with Gasteiger partial charge in [-0.2, -0.15) is 4.31 Å². The maximum atomic E-state index is 13.4. The molecule has 0 radical (unpaired) electrons. The monoisotopic (exact) mass is 434 g/mol. The molecule has 3 rings (SSSR count). The van der Waals surface area contributed by atoms with Gasteiger partial charge in [-0.3, -0.25) is 4.79 Å². The third-order valence-electron chi connectivity index (χ3n) is 5.30. The van der Waals surface area contributed by atoms with E-state index < -0.39 is 15.8 Å². The second-order valence-corrected chi connectivity index (χ2v) is 9.50. The second-order valence-electron chi connectivity index (χ2n) is 7.46. The van der Waals surface area contributed by atoms with E-state index in [9.17, 15) is 17.6 Å². The lowest BCUT2D eigenvalue weighted by Gasteiger charge is -2.23. The van der Waals surface area contributed by atoms with Gasteiger partial charge in [0.25, 0.3) is 5.91 Å². The Morgan fingerprint density at radius 2 is 1.80 bits per heavy atom. The van der Waals surface area contributed by atoms with Gasteiger partial charge in [0.05, 0.1) is 17.6 Å². The summed E-state index contributed by atoms with van der Waals surface area (Å²) < 4.78 is 46.1. The van der Waals surface area contributed by atoms with E-state index in [1.165, 1.54) is 50.6 Å². The van der Waals surface area contributed by atoms with Gasteiger partial charge < -0.3 is 9.64 Å². The Bertz CT molecular complexity index is 1000. The third-order valence-corrected chi connectivity index (χ3v) is 7.10. The van der Waals surface area contributed by atoms with Crippen molar-refractivity contribution in [3.8, 4) is 5.75 Å². The van der Waals surface area contributed by atoms with E-state index in [0.29, 0.717) is 24.4 Å². The molecule has 0 unspecified atom stereocenters. The van der Waals surface area contributed by atoms with E-state index in [1.807, 2.05) is 0 Å². The molecule has 1 aliphatic heterocycles. The number of hydrogen-bond donors (Lipinski definition) is 0. The van der Waals surface area contributed by atoms with Crippen LogP contribution in [0.25, 0.3) is 0 Å². The van der Waals surface area contributed by atoms with Crippen LogP contribution in [-0.2, 0) is 16.6 Å². The summed E-state index contributed by atoms with van der Waals surface area (Å²) in [5, 5.41) is 0. The Hall–Kier alpha value is -2.45. The minimum atomic E-state index is -3.88. The van der Waals surface area contributed by atoms with E-state index in [0.717, 1.165) is 30.0 Å². The summed E-state index contributed by atoms with van der Waals surface area (Å²) in [7, 11) is -0.996. The number of likely N-dealkylation sites (tertiary alicyclic amines) is 1. The van der Waals surface area contributed by atoms with E-state index in [-0.39, 0.29) is 22.9 Å². The summed E-state index contributed by atoms with van der Waals surface area (Å²) in [5.41, 5.74) is 0.773. The van der Waals surface area contributed by atoms with Crippen molar-refractivity contribution >= 4 is 15.9 Å². The predicted molar refractivity (Wildman–Crippen MR) is 112 cm³/mol. The molecule has 0 aliphatic carbocycles. The van der Waals surface area contributed by atoms with Crippen LogP contribution in [0.3, 0.4) is 0 Å². The molecular weight excluding hydrogens is 407 g/mol. The SMILES string of the molecule is COc1ccc(S(=O)(=O)N(C)Cc2cccc(F)c2)cc1C(=O)N1CCCCCC1. The zero-order chi connectivity index (χ0) is 21.7. The fourth-order valence-electron chi connectivity index (χ4n) is 3.62. The van der Waals surface area contributed by atoms with Gasteiger partial charge in [-0.05, 0) is 48.7 Å². The summed E-state index contributed by atoms with van der Waals surface area (Å²) >= 11 is 0. The molecule has 1 fully saturated rings. The van der Waals surface area contributed by atoms with Crippen molar-refractivity contribution in [3.05, 3.63) is 59.4 Å². The number of rotatable bonds is 6. The van der Waals surface area contributed by atoms with Crippen molar-refractivity contribution in [3.63, 3.8) is 0 Å². The first-order valence-corrected chi connectivity index (χ1v) is 11.4. The first kappa shape index (κ1) is 22.2. The fraction of sp³-hybridized carbons (Fsp3) is 0.409. The molecule has 30 heavy (non-hydrogen) atoms. The van der Waals surface area contributed by atoms with Crippen molar-refractivity contribution in [2.24, 2.45) is 0 Å². The number of carbonyl (C=O) groups is 1. The van der Waals surface area contributed by atoms with Gasteiger partial charge in [0, 0.05) is 26.7 Å². The van der Waals surface area contributed by atoms with Crippen LogP contribution < -0.4 is 4.74 Å². The van der Waals surface area contributed by atoms with Gasteiger partial charge in [-0.15, -0.1) is 0 Å². The topological polar surface area (TPSA) is 66.9 Å². The summed E-state index contributed by atoms with van der Waals surface area (Å²) in [5.74, 6) is -0.303. The molecule has 0 saturated carbocycles. The van der Waals surface area contributed by atoms with Gasteiger partial charge >= 0.3 is 0 Å². The molecule has 0 bridgehead atoms. The number of nitrogens with zero attached hydrogens (tertiary/aromatic N) is 2. The van der Waals surface area contributed by atoms with Crippen molar-refractivity contribution in [1.82, 2.24) is 9.21 Å². The standard InChI is InChI=1S/C22H27FN2O4S/c1-24(16-17-8-7-9-18(23)14-17)30(27,28)19-10-11-21(29-2)20(15-19)22(26)25-12-5-3-4-6-13-25/h7-11,14-15H,3-6,12-13,16H2,1-2H3. The Kier molecular flexibility index (Phi) is 7.10. The summed E-state index contributed by atoms with van der Waals surface area (Å²) in [6.45, 7) is 1.32. The Balaban J connectivity index is 1.89. The molecule has 2 aromatic rings. The number of ether oxygens (including phenoxy) is 1. The molecule has 1 aliphatic rings. The quantitative estimate of drug-likeness (QED) is 0.696. The van der Waals surface area contributed by atoms with E-state index in [2.05, 4.69) is 0 Å². The lowest BCUT2D eigenvalue weighted by atomic mass is 10.1. The van der Waals surface area contributed by atoms with Crippen molar-refractivity contribution in [2.45, 2.75) is 37.1 Å². The van der Waals surface area contributed by atoms with Gasteiger partial charge in [-0.25, -0.2) is 12.8 Å². The molecule has 8 heteroatoms. The Morgan fingerprint density at radius 3 is 2.43 bits per heavy atom. The van der Waals surface area contributed by atoms with Crippen LogP contribution in [0.15, 0.2) is 47.4 Å². The summed E-state index contributed by atoms with van der Waals surface area (Å²) in [4.78, 5) is 14.9. The van der Waals surface area contributed by atoms with Gasteiger partial charge in [0.1, 0.15) is 11.6 Å². The van der Waals surface area contributed by atoms with Crippen molar-refractivity contribution in [1.29, 1.82) is 0 Å². The van der Waals surface area contributed by atoms with Crippen molar-refractivity contribution in [2.75, 3.05) is 27.2 Å². The lowest BCUT2D eigenvalue weighted by molar-refractivity contribution is 0.0758. The molecule has 0 N–H and O–H groups in total. The van der Waals surface area contributed by atoms with Crippen LogP contribution in [0, 0.1) is 5.82 Å². The van der Waals surface area contributed by atoms with Crippen LogP contribution in [0.5, 0.6) is 5.75 Å². The van der Waals surface area contributed by atoms with Crippen LogP contribution in [0.4, 0.5) is 4.39 Å². The van der Waals surface area contributed by atoms with Gasteiger partial charge in [0.2, 0.25) is 10.0 Å². The maximum absolute atomic E-state index is 13.4. The minimum Gasteiger partial charge on any atom is -0.496 e. The molecule has 6 nitrogen and oxygen atoms in total. The number of hydrogen-bond acceptors (Lipinski definition) is 4. The molecule has 0 atom stereocenters. The molecule has 2 aromatic carbocycles. The number of sulfonamides is 1. The van der Waals surface area contributed by atoms with E-state index in [4.69, 9.17) is 4.74 Å². The molecule has 1 amide bonds. The average molecular weight is 435 g/mol. The molecule has 1 saturated heterocycles. The number of amides is 1. The van der Waals surface area contributed by atoms with Gasteiger partial charge in [-0.1, -0.05) is 25.0 Å². The number of methoxy groups -OCH3 is 1. The predicted octanol–water partition coefficient (Wildman–Crippen LogP) is 3.67. The summed E-state index contributed by atoms with van der Waals surface area (Å²) in [6, 6.07) is 10.1. The largest absolute Gasteiger partial charge is 0.496 e. The zero-order valence-corrected chi connectivity index (χ0v) is 18.1. The highest BCUT2D eigenvalue weighted by Gasteiger charge is 2.26. The highest BCUT2D eigenvalue weighted by Crippen LogP contribution is 2.27. The van der Waals surface area contributed by atoms with E-state index in [1.54, 1.807) is 11.0 Å². The molecule has 162 valence electrons. The molecule has 0 spiro atoms. The molecule has 0 aromatic heterocycles. The van der Waals surface area contributed by atoms with Gasteiger partial charge in [0.15, 0.2) is 0 Å². The van der Waals surface area contributed by atoms with Crippen LogP contribution in [0.2, 0.25) is 0 Å². The molecular formula is C22H27FN2O4S. The fourth-order valence-corrected chi connectivity index (χ4v) is 4.80. The number of halogens is 1. The van der Waals surface area contributed by atoms with Crippen molar-refractivity contribution < 1.29 is 22.3 Å². The first-order chi connectivity index (χ1) is 14.3. The zero-order valence-electron chi connectivity index (χ0n) is 17.3. The molecule has 1 heterocycles. The number of benzene rings is 2. The Labute approximate surface area is 177 Å². The van der Waals surface area contributed by atoms with Crippen LogP contribution >= 0.6 is 0 Å². The highest BCUT2D eigenvalue weighted by molar-refractivity contribution is 7.89. The number of carbonyl (C=O) groups excluding carboxylic acids is 1. The van der Waals surface area contributed by atoms with Crippen LogP contribution in [0.1, 0.15) is 41.6 Å². The Morgan fingerprint density at radius 1 is 1.10 bits per heavy atom. The average Bonchev–Trinajstić information content (AvgIpc) is 3.02. The third kappa shape index (κ3) is 4.99. The second kappa shape index (κ2) is 9.57. The lowest BCUT2D eigenvalue weighted by Crippen LogP contribution is -2.32. The smallest absolute Gasteiger partial charge is 0.257 e. The van der Waals surface area contributed by atoms with E-state index >= 15 is 0 Å². The first-order valence-electron chi connectivity index (χ1n) is 10.0. The van der Waals surface area contributed by atoms with Crippen LogP contribution in [-0.4, -0.2) is 50.8 Å². The minimum absolute atomic E-state index is 0.000347. The normalized spacial score (nSPS) is 15.1.